The Bertz CT molecular complexity index is 821. The van der Waals surface area contributed by atoms with Crippen LogP contribution in [0.3, 0.4) is 0 Å². The van der Waals surface area contributed by atoms with Crippen LogP contribution in [-0.4, -0.2) is 51.9 Å². The van der Waals surface area contributed by atoms with Crippen molar-refractivity contribution in [3.8, 4) is 0 Å². The number of nitrogens with one attached hydrogen (secondary N) is 1. The van der Waals surface area contributed by atoms with Crippen LogP contribution in [0.2, 0.25) is 0 Å². The van der Waals surface area contributed by atoms with E-state index >= 15 is 0 Å². The van der Waals surface area contributed by atoms with E-state index in [-0.39, 0.29) is 29.6 Å². The highest BCUT2D eigenvalue weighted by Gasteiger charge is 2.14. The molecule has 33 heavy (non-hydrogen) atoms. The smallest absolute Gasteiger partial charge is 0.306 e. The molecule has 0 aliphatic carbocycles. The Morgan fingerprint density at radius 3 is 2.15 bits per heavy atom. The van der Waals surface area contributed by atoms with Crippen molar-refractivity contribution in [2.24, 2.45) is 23.3 Å². The van der Waals surface area contributed by atoms with Crippen LogP contribution in [-0.2, 0) is 19.1 Å². The van der Waals surface area contributed by atoms with E-state index in [0.717, 1.165) is 19.1 Å². The molecule has 11 heteroatoms. The summed E-state index contributed by atoms with van der Waals surface area (Å²) in [6.45, 7) is 10.8. The van der Waals surface area contributed by atoms with Gasteiger partial charge in [-0.05, 0) is 33.6 Å². The van der Waals surface area contributed by atoms with Gasteiger partial charge in [-0.25, -0.2) is 4.98 Å². The van der Waals surface area contributed by atoms with Crippen molar-refractivity contribution in [1.29, 1.82) is 0 Å². The molecule has 2 unspecified atom stereocenters. The topological polar surface area (TPSA) is 196 Å². The summed E-state index contributed by atoms with van der Waals surface area (Å²) in [6, 6.07) is 0. The molecular formula is C22H38N4O7. The van der Waals surface area contributed by atoms with Gasteiger partial charge in [0, 0.05) is 24.6 Å². The number of hydrogen-bond donors (Lipinski definition) is 4. The third-order valence-corrected chi connectivity index (χ3v) is 4.26. The number of ether oxygens (including phenoxy) is 1. The predicted octanol–water partition coefficient (Wildman–Crippen LogP) is 1.48. The van der Waals surface area contributed by atoms with E-state index in [0.29, 0.717) is 30.8 Å². The number of aryl methyl sites for hydroxylation is 2. The molecule has 0 aliphatic rings. The fraction of sp³-hybridized carbons (Fsp3) is 0.636. The molecule has 0 radical (unpaired) electrons. The number of aldehydes is 1. The maximum absolute atomic E-state index is 11.2. The van der Waals surface area contributed by atoms with Crippen molar-refractivity contribution >= 4 is 24.1 Å². The number of carboxylic acid groups (broad SMARTS) is 1. The Hall–Kier alpha value is -3.08. The second-order valence-corrected chi connectivity index (χ2v) is 7.75. The average Bonchev–Trinajstić information content (AvgIpc) is 2.73. The summed E-state index contributed by atoms with van der Waals surface area (Å²) in [6.07, 6.45) is 3.37. The lowest BCUT2D eigenvalue weighted by Crippen LogP contribution is -2.26. The van der Waals surface area contributed by atoms with Gasteiger partial charge in [0.2, 0.25) is 0 Å². The number of aliphatic carboxylic acids is 1. The Kier molecular flexibility index (Phi) is 17.0. The van der Waals surface area contributed by atoms with Crippen LogP contribution in [0.5, 0.6) is 0 Å². The lowest BCUT2D eigenvalue weighted by molar-refractivity contribution is -0.149. The highest BCUT2D eigenvalue weighted by Crippen LogP contribution is 2.08. The van der Waals surface area contributed by atoms with Gasteiger partial charge in [-0.1, -0.05) is 27.2 Å². The highest BCUT2D eigenvalue weighted by atomic mass is 16.5. The SMILES string of the molecule is CC(C)C(=O)O.CCCCC(=O)OC(C)CC(C=O)CN.Cc1nc(C(N)=O)c(=O)[nH]c1C. The number of rotatable bonds is 10. The van der Waals surface area contributed by atoms with Crippen molar-refractivity contribution in [2.45, 2.75) is 73.3 Å². The number of nitrogens with two attached hydrogens (primary N) is 2. The molecule has 188 valence electrons. The molecule has 0 saturated heterocycles. The van der Waals surface area contributed by atoms with Gasteiger partial charge in [0.05, 0.1) is 17.7 Å². The normalized spacial score (nSPS) is 11.8. The van der Waals surface area contributed by atoms with E-state index in [9.17, 15) is 24.0 Å². The van der Waals surface area contributed by atoms with Crippen LogP contribution in [0.1, 0.15) is 75.3 Å². The van der Waals surface area contributed by atoms with Crippen LogP contribution < -0.4 is 17.0 Å². The Labute approximate surface area is 194 Å². The monoisotopic (exact) mass is 470 g/mol. The van der Waals surface area contributed by atoms with E-state index < -0.39 is 17.4 Å². The maximum Gasteiger partial charge on any atom is 0.306 e. The number of carbonyl (C=O) groups excluding carboxylic acids is 3. The van der Waals surface area contributed by atoms with E-state index in [1.165, 1.54) is 0 Å². The minimum absolute atomic E-state index is 0.189. The fourth-order valence-electron chi connectivity index (χ4n) is 2.08. The molecule has 1 heterocycles. The molecule has 1 aromatic heterocycles. The van der Waals surface area contributed by atoms with Gasteiger partial charge in [-0.15, -0.1) is 0 Å². The van der Waals surface area contributed by atoms with Crippen molar-refractivity contribution in [3.05, 3.63) is 27.4 Å². The number of unbranched alkanes of at least 4 members (excludes halogenated alkanes) is 1. The van der Waals surface area contributed by atoms with Gasteiger partial charge in [-0.2, -0.15) is 0 Å². The Morgan fingerprint density at radius 2 is 1.76 bits per heavy atom. The van der Waals surface area contributed by atoms with Crippen molar-refractivity contribution < 1.29 is 29.0 Å². The number of carbonyl (C=O) groups is 4. The fourth-order valence-corrected chi connectivity index (χ4v) is 2.08. The quantitative estimate of drug-likeness (QED) is 0.289. The average molecular weight is 471 g/mol. The molecule has 0 bridgehead atoms. The molecule has 0 aromatic carbocycles. The lowest BCUT2D eigenvalue weighted by atomic mass is 10.0. The molecule has 0 aliphatic heterocycles. The van der Waals surface area contributed by atoms with Gasteiger partial charge >= 0.3 is 11.9 Å². The molecule has 1 amide bonds. The van der Waals surface area contributed by atoms with Gasteiger partial charge in [0.25, 0.3) is 11.5 Å². The first-order valence-corrected chi connectivity index (χ1v) is 10.7. The molecule has 0 fully saturated rings. The first kappa shape index (κ1) is 32.1. The number of esters is 1. The summed E-state index contributed by atoms with van der Waals surface area (Å²) in [4.78, 5) is 59.3. The standard InChI is InChI=1S/C11H21NO3.C7H9N3O2.C4H8O2/c1-3-4-5-11(14)15-9(2)6-10(7-12)8-13;1-3-4(2)10-7(12)5(9-3)6(8)11;1-3(2)4(5)6/h8-10H,3-7,12H2,1-2H3;1-2H3,(H2,8,11)(H,10,12);3H,1-2H3,(H,5,6). The van der Waals surface area contributed by atoms with Crippen LogP contribution in [0.15, 0.2) is 4.79 Å². The number of nitrogens with zero attached hydrogens (tertiary/aromatic N) is 1. The third-order valence-electron chi connectivity index (χ3n) is 4.26. The zero-order valence-corrected chi connectivity index (χ0v) is 20.3. The lowest BCUT2D eigenvalue weighted by Gasteiger charge is -2.15. The van der Waals surface area contributed by atoms with E-state index in [4.69, 9.17) is 21.3 Å². The van der Waals surface area contributed by atoms with Crippen LogP contribution in [0.25, 0.3) is 0 Å². The van der Waals surface area contributed by atoms with E-state index in [1.54, 1.807) is 34.6 Å². The number of H-pyrrole nitrogens is 1. The van der Waals surface area contributed by atoms with Gasteiger partial charge in [-0.3, -0.25) is 19.2 Å². The molecule has 2 atom stereocenters. The predicted molar refractivity (Wildman–Crippen MR) is 124 cm³/mol. The number of aromatic amines is 1. The van der Waals surface area contributed by atoms with E-state index in [2.05, 4.69) is 9.97 Å². The molecular weight excluding hydrogens is 432 g/mol. The Balaban J connectivity index is 0. The number of amides is 1. The van der Waals surface area contributed by atoms with Gasteiger partial charge < -0.3 is 31.1 Å². The summed E-state index contributed by atoms with van der Waals surface area (Å²) < 4.78 is 5.13. The number of aromatic nitrogens is 2. The van der Waals surface area contributed by atoms with Crippen molar-refractivity contribution in [3.63, 3.8) is 0 Å². The zero-order valence-electron chi connectivity index (χ0n) is 20.3. The molecule has 1 rings (SSSR count). The summed E-state index contributed by atoms with van der Waals surface area (Å²) in [7, 11) is 0. The summed E-state index contributed by atoms with van der Waals surface area (Å²) in [5.74, 6) is -2.18. The number of carboxylic acids is 1. The number of primary amides is 1. The Morgan fingerprint density at radius 1 is 1.21 bits per heavy atom. The van der Waals surface area contributed by atoms with Crippen LogP contribution in [0, 0.1) is 25.7 Å². The molecule has 1 aromatic rings. The number of hydrogen-bond acceptors (Lipinski definition) is 8. The third kappa shape index (κ3) is 15.4. The molecule has 11 nitrogen and oxygen atoms in total. The van der Waals surface area contributed by atoms with E-state index in [1.807, 2.05) is 6.92 Å². The first-order chi connectivity index (χ1) is 15.3. The van der Waals surface area contributed by atoms with Crippen molar-refractivity contribution in [2.75, 3.05) is 6.54 Å². The summed E-state index contributed by atoms with van der Waals surface area (Å²) >= 11 is 0. The minimum atomic E-state index is -0.806. The molecule has 6 N–H and O–H groups in total. The molecule has 0 saturated carbocycles. The van der Waals surface area contributed by atoms with Crippen molar-refractivity contribution in [1.82, 2.24) is 9.97 Å². The van der Waals surface area contributed by atoms with Crippen LogP contribution >= 0.6 is 0 Å². The van der Waals surface area contributed by atoms with Gasteiger partial charge in [0.1, 0.15) is 6.29 Å². The largest absolute Gasteiger partial charge is 0.481 e. The highest BCUT2D eigenvalue weighted by molar-refractivity contribution is 5.90. The molecule has 0 spiro atoms. The first-order valence-electron chi connectivity index (χ1n) is 10.7. The van der Waals surface area contributed by atoms with Gasteiger partial charge in [0.15, 0.2) is 5.69 Å². The second-order valence-electron chi connectivity index (χ2n) is 7.75. The zero-order chi connectivity index (χ0) is 26.1. The van der Waals surface area contributed by atoms with Crippen LogP contribution in [0.4, 0.5) is 0 Å². The summed E-state index contributed by atoms with van der Waals surface area (Å²) in [5, 5.41) is 7.99. The maximum atomic E-state index is 11.2. The minimum Gasteiger partial charge on any atom is -0.481 e. The summed E-state index contributed by atoms with van der Waals surface area (Å²) in [5.41, 5.74) is 10.8. The second kappa shape index (κ2) is 17.5.